The van der Waals surface area contributed by atoms with Crippen LogP contribution in [0.4, 0.5) is 4.39 Å². The summed E-state index contributed by atoms with van der Waals surface area (Å²) in [6.45, 7) is 3.48. The fourth-order valence-corrected chi connectivity index (χ4v) is 2.46. The van der Waals surface area contributed by atoms with E-state index < -0.39 is 0 Å². The quantitative estimate of drug-likeness (QED) is 0.910. The maximum absolute atomic E-state index is 13.9. The predicted octanol–water partition coefficient (Wildman–Crippen LogP) is 2.71. The van der Waals surface area contributed by atoms with Gasteiger partial charge in [0, 0.05) is 12.1 Å². The standard InChI is InChI=1S/C15H23FN2O/c1-11(17)12-6-7-15(14(16)9-12)19-10-13-5-3-4-8-18(13)2/h6-7,9,11,13H,3-5,8,10,17H2,1-2H3. The highest BCUT2D eigenvalue weighted by atomic mass is 19.1. The van der Waals surface area contributed by atoms with E-state index in [9.17, 15) is 4.39 Å². The molecule has 2 rings (SSSR count). The van der Waals surface area contributed by atoms with Crippen LogP contribution < -0.4 is 10.5 Å². The third-order valence-corrected chi connectivity index (χ3v) is 3.83. The van der Waals surface area contributed by atoms with E-state index in [2.05, 4.69) is 11.9 Å². The van der Waals surface area contributed by atoms with Gasteiger partial charge in [-0.15, -0.1) is 0 Å². The van der Waals surface area contributed by atoms with Crippen molar-refractivity contribution in [2.24, 2.45) is 5.73 Å². The van der Waals surface area contributed by atoms with E-state index in [1.807, 2.05) is 13.0 Å². The molecule has 0 spiro atoms. The van der Waals surface area contributed by atoms with Crippen molar-refractivity contribution in [1.82, 2.24) is 4.90 Å². The molecule has 1 aliphatic heterocycles. The Balaban J connectivity index is 1.95. The fourth-order valence-electron chi connectivity index (χ4n) is 2.46. The Morgan fingerprint density at radius 1 is 1.47 bits per heavy atom. The molecule has 1 aromatic rings. The first-order valence-corrected chi connectivity index (χ1v) is 6.96. The molecule has 2 atom stereocenters. The summed E-state index contributed by atoms with van der Waals surface area (Å²) in [4.78, 5) is 2.29. The lowest BCUT2D eigenvalue weighted by Gasteiger charge is -2.32. The Hall–Kier alpha value is -1.13. The average Bonchev–Trinajstić information content (AvgIpc) is 2.39. The summed E-state index contributed by atoms with van der Waals surface area (Å²) in [6.07, 6.45) is 3.59. The summed E-state index contributed by atoms with van der Waals surface area (Å²) in [5.41, 5.74) is 6.52. The van der Waals surface area contributed by atoms with Gasteiger partial charge >= 0.3 is 0 Å². The summed E-state index contributed by atoms with van der Waals surface area (Å²) in [7, 11) is 2.10. The molecule has 2 unspecified atom stereocenters. The summed E-state index contributed by atoms with van der Waals surface area (Å²) >= 11 is 0. The lowest BCUT2D eigenvalue weighted by Crippen LogP contribution is -2.40. The van der Waals surface area contributed by atoms with Crippen LogP contribution in [-0.2, 0) is 0 Å². The summed E-state index contributed by atoms with van der Waals surface area (Å²) in [5.74, 6) is -0.00311. The zero-order valence-electron chi connectivity index (χ0n) is 11.7. The highest BCUT2D eigenvalue weighted by Crippen LogP contribution is 2.22. The van der Waals surface area contributed by atoms with Gasteiger partial charge in [-0.2, -0.15) is 0 Å². The van der Waals surface area contributed by atoms with Gasteiger partial charge in [0.05, 0.1) is 0 Å². The Bertz CT molecular complexity index is 423. The molecule has 1 saturated heterocycles. The fraction of sp³-hybridized carbons (Fsp3) is 0.600. The number of nitrogens with two attached hydrogens (primary N) is 1. The molecule has 1 aliphatic rings. The Kier molecular flexibility index (Phi) is 4.77. The maximum Gasteiger partial charge on any atom is 0.165 e. The van der Waals surface area contributed by atoms with Crippen molar-refractivity contribution >= 4 is 0 Å². The molecule has 2 N–H and O–H groups in total. The SMILES string of the molecule is CC(N)c1ccc(OCC2CCCCN2C)c(F)c1. The van der Waals surface area contributed by atoms with Gasteiger partial charge in [0.15, 0.2) is 11.6 Å². The molecular formula is C15H23FN2O. The third kappa shape index (κ3) is 3.67. The van der Waals surface area contributed by atoms with Crippen LogP contribution in [0.5, 0.6) is 5.75 Å². The molecule has 0 saturated carbocycles. The molecule has 19 heavy (non-hydrogen) atoms. The van der Waals surface area contributed by atoms with Crippen molar-refractivity contribution in [3.63, 3.8) is 0 Å². The highest BCUT2D eigenvalue weighted by Gasteiger charge is 2.20. The first-order valence-electron chi connectivity index (χ1n) is 6.96. The number of benzene rings is 1. The first kappa shape index (κ1) is 14.3. The number of hydrogen-bond acceptors (Lipinski definition) is 3. The van der Waals surface area contributed by atoms with Gasteiger partial charge in [0.2, 0.25) is 0 Å². The van der Waals surface area contributed by atoms with Gasteiger partial charge in [-0.3, -0.25) is 0 Å². The molecule has 106 valence electrons. The number of hydrogen-bond donors (Lipinski definition) is 1. The van der Waals surface area contributed by atoms with E-state index >= 15 is 0 Å². The second kappa shape index (κ2) is 6.35. The molecule has 1 fully saturated rings. The van der Waals surface area contributed by atoms with Crippen molar-refractivity contribution < 1.29 is 9.13 Å². The molecule has 4 heteroatoms. The maximum atomic E-state index is 13.9. The van der Waals surface area contributed by atoms with Crippen molar-refractivity contribution in [3.05, 3.63) is 29.6 Å². The zero-order valence-corrected chi connectivity index (χ0v) is 11.7. The van der Waals surface area contributed by atoms with Crippen LogP contribution in [0.15, 0.2) is 18.2 Å². The number of halogens is 1. The zero-order chi connectivity index (χ0) is 13.8. The van der Waals surface area contributed by atoms with Crippen LogP contribution >= 0.6 is 0 Å². The number of rotatable bonds is 4. The van der Waals surface area contributed by atoms with Gasteiger partial charge in [-0.25, -0.2) is 4.39 Å². The van der Waals surface area contributed by atoms with Gasteiger partial charge in [-0.1, -0.05) is 12.5 Å². The van der Waals surface area contributed by atoms with E-state index in [-0.39, 0.29) is 11.9 Å². The Morgan fingerprint density at radius 2 is 2.26 bits per heavy atom. The topological polar surface area (TPSA) is 38.5 Å². The number of likely N-dealkylation sites (tertiary alicyclic amines) is 1. The molecule has 0 radical (unpaired) electrons. The van der Waals surface area contributed by atoms with Crippen molar-refractivity contribution in [3.8, 4) is 5.75 Å². The number of piperidine rings is 1. The molecule has 0 aliphatic carbocycles. The highest BCUT2D eigenvalue weighted by molar-refractivity contribution is 5.30. The second-order valence-corrected chi connectivity index (χ2v) is 5.42. The van der Waals surface area contributed by atoms with Gasteiger partial charge in [0.25, 0.3) is 0 Å². The molecule has 0 bridgehead atoms. The largest absolute Gasteiger partial charge is 0.489 e. The van der Waals surface area contributed by atoms with Crippen LogP contribution in [-0.4, -0.2) is 31.1 Å². The van der Waals surface area contributed by atoms with Crippen LogP contribution in [0.1, 0.15) is 37.8 Å². The van der Waals surface area contributed by atoms with E-state index in [4.69, 9.17) is 10.5 Å². The monoisotopic (exact) mass is 266 g/mol. The number of nitrogens with zero attached hydrogens (tertiary/aromatic N) is 1. The van der Waals surface area contributed by atoms with E-state index in [1.165, 1.54) is 18.9 Å². The minimum absolute atomic E-state index is 0.159. The minimum Gasteiger partial charge on any atom is -0.489 e. The first-order chi connectivity index (χ1) is 9.08. The third-order valence-electron chi connectivity index (χ3n) is 3.83. The van der Waals surface area contributed by atoms with E-state index in [1.54, 1.807) is 6.07 Å². The smallest absolute Gasteiger partial charge is 0.165 e. The van der Waals surface area contributed by atoms with Crippen molar-refractivity contribution in [1.29, 1.82) is 0 Å². The van der Waals surface area contributed by atoms with Crippen LogP contribution in [0.25, 0.3) is 0 Å². The van der Waals surface area contributed by atoms with Gasteiger partial charge in [-0.05, 0) is 51.1 Å². The van der Waals surface area contributed by atoms with Crippen molar-refractivity contribution in [2.45, 2.75) is 38.3 Å². The lowest BCUT2D eigenvalue weighted by atomic mass is 10.0. The predicted molar refractivity (Wildman–Crippen MR) is 74.8 cm³/mol. The number of likely N-dealkylation sites (N-methyl/N-ethyl adjacent to an activating group) is 1. The van der Waals surface area contributed by atoms with Gasteiger partial charge in [0.1, 0.15) is 6.61 Å². The van der Waals surface area contributed by atoms with E-state index in [0.29, 0.717) is 18.4 Å². The molecule has 1 heterocycles. The van der Waals surface area contributed by atoms with Crippen LogP contribution in [0.3, 0.4) is 0 Å². The lowest BCUT2D eigenvalue weighted by molar-refractivity contribution is 0.123. The average molecular weight is 266 g/mol. The second-order valence-electron chi connectivity index (χ2n) is 5.42. The summed E-state index contributed by atoms with van der Waals surface area (Å²) in [5, 5.41) is 0. The molecule has 0 aromatic heterocycles. The number of ether oxygens (including phenoxy) is 1. The summed E-state index contributed by atoms with van der Waals surface area (Å²) < 4.78 is 19.5. The molecule has 3 nitrogen and oxygen atoms in total. The van der Waals surface area contributed by atoms with Gasteiger partial charge < -0.3 is 15.4 Å². The van der Waals surface area contributed by atoms with Crippen LogP contribution in [0, 0.1) is 5.82 Å². The minimum atomic E-state index is -0.326. The molecule has 0 amide bonds. The van der Waals surface area contributed by atoms with Crippen molar-refractivity contribution in [2.75, 3.05) is 20.2 Å². The normalized spacial score (nSPS) is 22.2. The molecule has 1 aromatic carbocycles. The van der Waals surface area contributed by atoms with E-state index in [0.717, 1.165) is 18.5 Å². The van der Waals surface area contributed by atoms with Crippen LogP contribution in [0.2, 0.25) is 0 Å². The summed E-state index contributed by atoms with van der Waals surface area (Å²) in [6, 6.07) is 5.20. The Labute approximate surface area is 114 Å². The Morgan fingerprint density at radius 3 is 2.89 bits per heavy atom. The molecular weight excluding hydrogens is 243 g/mol.